The van der Waals surface area contributed by atoms with Crippen LogP contribution in [0.25, 0.3) is 0 Å². The second kappa shape index (κ2) is 9.10. The first-order valence-corrected chi connectivity index (χ1v) is 12.7. The van der Waals surface area contributed by atoms with Crippen LogP contribution in [0.4, 0.5) is 0 Å². The van der Waals surface area contributed by atoms with E-state index in [4.69, 9.17) is 4.74 Å². The van der Waals surface area contributed by atoms with Crippen LogP contribution in [0.3, 0.4) is 0 Å². The molecule has 5 nitrogen and oxygen atoms in total. The highest BCUT2D eigenvalue weighted by molar-refractivity contribution is 5.78. The summed E-state index contributed by atoms with van der Waals surface area (Å²) in [7, 11) is 0. The summed E-state index contributed by atoms with van der Waals surface area (Å²) in [6, 6.07) is 13.1. The Balaban J connectivity index is 1.13. The molecule has 182 valence electrons. The molecule has 0 unspecified atom stereocenters. The number of aryl methyl sites for hydroxylation is 2. The van der Waals surface area contributed by atoms with Gasteiger partial charge in [0.1, 0.15) is 0 Å². The Morgan fingerprint density at radius 3 is 2.76 bits per heavy atom. The lowest BCUT2D eigenvalue weighted by molar-refractivity contribution is -0.139. The number of aliphatic hydroxyl groups is 1. The molecule has 0 amide bonds. The normalized spacial score (nSPS) is 24.3. The molecule has 0 saturated heterocycles. The summed E-state index contributed by atoms with van der Waals surface area (Å²) in [6.45, 7) is 7.05. The number of hydrogen-bond acceptors (Lipinski definition) is 4. The van der Waals surface area contributed by atoms with Crippen molar-refractivity contribution in [3.8, 4) is 0 Å². The van der Waals surface area contributed by atoms with Gasteiger partial charge in [-0.05, 0) is 92.2 Å². The molecule has 3 N–H and O–H groups in total. The zero-order chi connectivity index (χ0) is 24.0. The maximum Gasteiger partial charge on any atom is 0.307 e. The van der Waals surface area contributed by atoms with Crippen LogP contribution >= 0.6 is 0 Å². The lowest BCUT2D eigenvalue weighted by Crippen LogP contribution is -2.46. The first-order chi connectivity index (χ1) is 16.2. The van der Waals surface area contributed by atoms with E-state index in [9.17, 15) is 15.0 Å². The van der Waals surface area contributed by atoms with Crippen LogP contribution in [0.1, 0.15) is 72.6 Å². The number of aliphatic hydroxyl groups excluding tert-OH is 1. The molecule has 1 fully saturated rings. The van der Waals surface area contributed by atoms with Gasteiger partial charge in [0.2, 0.25) is 0 Å². The van der Waals surface area contributed by atoms with Crippen LogP contribution in [-0.4, -0.2) is 41.0 Å². The molecular formula is C29H37NO4. The first-order valence-electron chi connectivity index (χ1n) is 12.7. The SMILES string of the molecule is C[C@@H](OC[C@H](O)CNC(C)(C)Cc1ccc2c(c1)CCC2)c1cccc2c1[C@@H]1[C@H](C2)[C@H]1C(=O)O. The second-order valence-electron chi connectivity index (χ2n) is 11.2. The minimum atomic E-state index is -0.687. The Morgan fingerprint density at radius 1 is 1.18 bits per heavy atom. The Hall–Kier alpha value is -2.21. The van der Waals surface area contributed by atoms with Crippen LogP contribution in [0, 0.1) is 11.8 Å². The number of rotatable bonds is 10. The van der Waals surface area contributed by atoms with Crippen molar-refractivity contribution in [2.45, 2.75) is 76.5 Å². The van der Waals surface area contributed by atoms with Gasteiger partial charge in [-0.25, -0.2) is 0 Å². The van der Waals surface area contributed by atoms with Crippen LogP contribution < -0.4 is 5.32 Å². The van der Waals surface area contributed by atoms with Crippen molar-refractivity contribution in [2.24, 2.45) is 11.8 Å². The van der Waals surface area contributed by atoms with Gasteiger partial charge in [0.15, 0.2) is 0 Å². The molecular weight excluding hydrogens is 426 g/mol. The Kier molecular flexibility index (Phi) is 6.30. The summed E-state index contributed by atoms with van der Waals surface area (Å²) >= 11 is 0. The number of β-amino-alcohol motifs (C(OH)–C–C–N with tert-alkyl or cyclic N) is 1. The Morgan fingerprint density at radius 2 is 1.97 bits per heavy atom. The van der Waals surface area contributed by atoms with E-state index in [1.807, 2.05) is 19.1 Å². The van der Waals surface area contributed by atoms with Crippen LogP contribution in [0.5, 0.6) is 0 Å². The van der Waals surface area contributed by atoms with Crippen molar-refractivity contribution in [3.63, 3.8) is 0 Å². The number of fused-ring (bicyclic) bond motifs is 4. The molecule has 0 spiro atoms. The molecule has 5 rings (SSSR count). The van der Waals surface area contributed by atoms with Gasteiger partial charge in [-0.15, -0.1) is 0 Å². The molecule has 34 heavy (non-hydrogen) atoms. The first kappa shape index (κ1) is 23.5. The van der Waals surface area contributed by atoms with E-state index in [0.29, 0.717) is 6.54 Å². The Bertz CT molecular complexity index is 1080. The number of ether oxygens (including phenoxy) is 1. The van der Waals surface area contributed by atoms with Gasteiger partial charge in [0.05, 0.1) is 24.7 Å². The highest BCUT2D eigenvalue weighted by Gasteiger charge is 2.60. The summed E-state index contributed by atoms with van der Waals surface area (Å²) < 4.78 is 6.07. The quantitative estimate of drug-likeness (QED) is 0.492. The zero-order valence-corrected chi connectivity index (χ0v) is 20.5. The molecule has 1 saturated carbocycles. The molecule has 0 aliphatic heterocycles. The number of nitrogens with one attached hydrogen (secondary N) is 1. The fraction of sp³-hybridized carbons (Fsp3) is 0.552. The van der Waals surface area contributed by atoms with Crippen molar-refractivity contribution >= 4 is 5.97 Å². The van der Waals surface area contributed by atoms with Gasteiger partial charge < -0.3 is 20.3 Å². The van der Waals surface area contributed by atoms with Gasteiger partial charge in [-0.2, -0.15) is 0 Å². The Labute approximate surface area is 202 Å². The fourth-order valence-electron chi connectivity index (χ4n) is 6.29. The molecule has 3 aliphatic carbocycles. The number of carboxylic acid groups (broad SMARTS) is 1. The van der Waals surface area contributed by atoms with Gasteiger partial charge in [0, 0.05) is 18.0 Å². The van der Waals surface area contributed by atoms with Crippen LogP contribution in [0.15, 0.2) is 36.4 Å². The van der Waals surface area contributed by atoms with E-state index in [-0.39, 0.29) is 36.0 Å². The molecule has 2 aromatic rings. The van der Waals surface area contributed by atoms with E-state index < -0.39 is 12.1 Å². The summed E-state index contributed by atoms with van der Waals surface area (Å²) in [5.74, 6) is -0.568. The van der Waals surface area contributed by atoms with Crippen molar-refractivity contribution < 1.29 is 19.7 Å². The number of carboxylic acids is 1. The predicted molar refractivity (Wildman–Crippen MR) is 132 cm³/mol. The van der Waals surface area contributed by atoms with Crippen molar-refractivity contribution in [3.05, 3.63) is 69.8 Å². The number of benzene rings is 2. The topological polar surface area (TPSA) is 78.8 Å². The molecule has 5 atom stereocenters. The standard InChI is InChI=1S/C29H37NO4/c1-17(23-9-5-8-21-13-24-26(25(21)23)27(24)28(32)33)34-16-22(31)15-30-29(2,3)14-18-10-11-19-6-4-7-20(19)12-18/h5,8-12,17,22,24,26-27,30-31H,4,6-7,13-16H2,1-3H3,(H,32,33)/t17-,22-,24+,26+,27-/m1/s1. The minimum absolute atomic E-state index is 0.126. The van der Waals surface area contributed by atoms with Gasteiger partial charge >= 0.3 is 5.97 Å². The average Bonchev–Trinajstić information content (AvgIpc) is 3.12. The van der Waals surface area contributed by atoms with E-state index >= 15 is 0 Å². The third-order valence-corrected chi connectivity index (χ3v) is 8.07. The molecule has 5 heteroatoms. The van der Waals surface area contributed by atoms with E-state index in [1.54, 1.807) is 0 Å². The van der Waals surface area contributed by atoms with Gasteiger partial charge in [-0.1, -0.05) is 36.4 Å². The summed E-state index contributed by atoms with van der Waals surface area (Å²) in [5.41, 5.74) is 7.71. The van der Waals surface area contributed by atoms with Crippen molar-refractivity contribution in [1.82, 2.24) is 5.32 Å². The molecule has 0 radical (unpaired) electrons. The zero-order valence-electron chi connectivity index (χ0n) is 20.5. The van der Waals surface area contributed by atoms with Gasteiger partial charge in [0.25, 0.3) is 0 Å². The van der Waals surface area contributed by atoms with Crippen molar-refractivity contribution in [2.75, 3.05) is 13.2 Å². The van der Waals surface area contributed by atoms with Crippen molar-refractivity contribution in [1.29, 1.82) is 0 Å². The smallest absolute Gasteiger partial charge is 0.307 e. The number of hydrogen-bond donors (Lipinski definition) is 3. The van der Waals surface area contributed by atoms with Gasteiger partial charge in [-0.3, -0.25) is 4.79 Å². The van der Waals surface area contributed by atoms with E-state index in [0.717, 1.165) is 18.4 Å². The molecule has 0 bridgehead atoms. The molecule has 0 aromatic heterocycles. The maximum atomic E-state index is 11.5. The average molecular weight is 464 g/mol. The monoisotopic (exact) mass is 463 g/mol. The van der Waals surface area contributed by atoms with E-state index in [2.05, 4.69) is 43.4 Å². The highest BCUT2D eigenvalue weighted by Crippen LogP contribution is 2.62. The molecule has 0 heterocycles. The predicted octanol–water partition coefficient (Wildman–Crippen LogP) is 4.20. The minimum Gasteiger partial charge on any atom is -0.481 e. The van der Waals surface area contributed by atoms with E-state index in [1.165, 1.54) is 47.1 Å². The van der Waals surface area contributed by atoms with Crippen LogP contribution in [0.2, 0.25) is 0 Å². The van der Waals surface area contributed by atoms with Crippen LogP contribution in [-0.2, 0) is 35.2 Å². The molecule has 2 aromatic carbocycles. The molecule has 3 aliphatic rings. The third-order valence-electron chi connectivity index (χ3n) is 8.07. The lowest BCUT2D eigenvalue weighted by atomic mass is 9.93. The highest BCUT2D eigenvalue weighted by atomic mass is 16.5. The number of carbonyl (C=O) groups is 1. The second-order valence-corrected chi connectivity index (χ2v) is 11.2. The summed E-state index contributed by atoms with van der Waals surface area (Å²) in [4.78, 5) is 11.5. The third kappa shape index (κ3) is 4.66. The maximum absolute atomic E-state index is 11.5. The summed E-state index contributed by atoms with van der Waals surface area (Å²) in [5, 5.41) is 23.6. The fourth-order valence-corrected chi connectivity index (χ4v) is 6.29. The largest absolute Gasteiger partial charge is 0.481 e. The number of aliphatic carboxylic acids is 1. The lowest BCUT2D eigenvalue weighted by Gasteiger charge is -2.29. The summed E-state index contributed by atoms with van der Waals surface area (Å²) in [6.07, 6.45) is 4.62.